The van der Waals surface area contributed by atoms with Crippen LogP contribution in [0.4, 0.5) is 13.2 Å². The molecule has 0 aliphatic carbocycles. The van der Waals surface area contributed by atoms with Crippen molar-refractivity contribution in [3.8, 4) is 11.6 Å². The van der Waals surface area contributed by atoms with E-state index in [1.165, 1.54) is 0 Å². The van der Waals surface area contributed by atoms with E-state index in [1.807, 2.05) is 0 Å². The second-order valence-corrected chi connectivity index (χ2v) is 4.27. The summed E-state index contributed by atoms with van der Waals surface area (Å²) in [5.41, 5.74) is -1.23. The molecule has 0 radical (unpaired) electrons. The van der Waals surface area contributed by atoms with Gasteiger partial charge in [0.2, 0.25) is 5.88 Å². The third-order valence-corrected chi connectivity index (χ3v) is 2.86. The van der Waals surface area contributed by atoms with E-state index < -0.39 is 17.3 Å². The molecule has 4 nitrogen and oxygen atoms in total. The maximum absolute atomic E-state index is 12.4. The summed E-state index contributed by atoms with van der Waals surface area (Å²) < 4.78 is 42.3. The van der Waals surface area contributed by atoms with E-state index in [0.717, 1.165) is 30.6 Å². The number of hydrogen-bond acceptors (Lipinski definition) is 3. The maximum atomic E-state index is 12.4. The predicted octanol–water partition coefficient (Wildman–Crippen LogP) is 3.34. The molecule has 8 heteroatoms. The first-order valence-corrected chi connectivity index (χ1v) is 5.75. The molecule has 1 N–H and O–H groups in total. The molecule has 0 amide bonds. The van der Waals surface area contributed by atoms with Crippen molar-refractivity contribution in [2.24, 2.45) is 0 Å². The smallest absolute Gasteiger partial charge is 0.416 e. The number of H-pyrrole nitrogens is 1. The van der Waals surface area contributed by atoms with Crippen molar-refractivity contribution in [1.82, 2.24) is 9.97 Å². The molecule has 0 saturated carbocycles. The van der Waals surface area contributed by atoms with E-state index in [0.29, 0.717) is 0 Å². The highest BCUT2D eigenvalue weighted by Crippen LogP contribution is 2.31. The second-order valence-electron chi connectivity index (χ2n) is 3.47. The van der Waals surface area contributed by atoms with Crippen LogP contribution in [0.25, 0.3) is 0 Å². The average molecular weight is 335 g/mol. The third-order valence-electron chi connectivity index (χ3n) is 2.16. The number of benzene rings is 1. The average Bonchev–Trinajstić information content (AvgIpc) is 2.35. The zero-order valence-corrected chi connectivity index (χ0v) is 10.7. The lowest BCUT2D eigenvalue weighted by Crippen LogP contribution is -2.08. The molecule has 0 atom stereocenters. The van der Waals surface area contributed by atoms with Gasteiger partial charge < -0.3 is 9.72 Å². The first-order valence-electron chi connectivity index (χ1n) is 4.96. The number of rotatable bonds is 2. The largest absolute Gasteiger partial charge is 0.438 e. The second kappa shape index (κ2) is 5.04. The van der Waals surface area contributed by atoms with Crippen LogP contribution >= 0.6 is 15.9 Å². The highest BCUT2D eigenvalue weighted by Gasteiger charge is 2.30. The summed E-state index contributed by atoms with van der Waals surface area (Å²) in [6.07, 6.45) is -3.27. The summed E-state index contributed by atoms with van der Waals surface area (Å²) in [4.78, 5) is 17.3. The first-order chi connectivity index (χ1) is 8.88. The number of aromatic amines is 1. The highest BCUT2D eigenvalue weighted by atomic mass is 79.9. The summed E-state index contributed by atoms with van der Waals surface area (Å²) in [5, 5.41) is 0. The molecule has 19 heavy (non-hydrogen) atoms. The van der Waals surface area contributed by atoms with Gasteiger partial charge in [0, 0.05) is 0 Å². The molecular weight excluding hydrogens is 329 g/mol. The van der Waals surface area contributed by atoms with Gasteiger partial charge in [-0.2, -0.15) is 13.2 Å². The zero-order chi connectivity index (χ0) is 14.0. The van der Waals surface area contributed by atoms with Crippen molar-refractivity contribution < 1.29 is 17.9 Å². The van der Waals surface area contributed by atoms with Crippen LogP contribution in [0.3, 0.4) is 0 Å². The van der Waals surface area contributed by atoms with Gasteiger partial charge >= 0.3 is 6.18 Å². The molecule has 0 unspecified atom stereocenters. The lowest BCUT2D eigenvalue weighted by atomic mass is 10.2. The molecular formula is C11H6BrF3N2O2. The molecule has 2 rings (SSSR count). The van der Waals surface area contributed by atoms with Crippen molar-refractivity contribution in [1.29, 1.82) is 0 Å². The summed E-state index contributed by atoms with van der Waals surface area (Å²) in [5.74, 6) is 0.121. The monoisotopic (exact) mass is 334 g/mol. The van der Waals surface area contributed by atoms with Crippen LogP contribution in [0.1, 0.15) is 5.56 Å². The molecule has 1 heterocycles. The summed E-state index contributed by atoms with van der Waals surface area (Å²) in [6, 6.07) is 4.07. The third kappa shape index (κ3) is 3.14. The van der Waals surface area contributed by atoms with Gasteiger partial charge in [-0.25, -0.2) is 4.98 Å². The Balaban J connectivity index is 2.25. The van der Waals surface area contributed by atoms with Gasteiger partial charge in [-0.3, -0.25) is 4.79 Å². The Labute approximate surface area is 113 Å². The molecule has 1 aromatic carbocycles. The van der Waals surface area contributed by atoms with E-state index in [9.17, 15) is 18.0 Å². The Morgan fingerprint density at radius 1 is 1.21 bits per heavy atom. The van der Waals surface area contributed by atoms with Crippen LogP contribution in [0.15, 0.2) is 39.9 Å². The first kappa shape index (κ1) is 13.6. The van der Waals surface area contributed by atoms with Crippen molar-refractivity contribution in [3.05, 3.63) is 51.0 Å². The van der Waals surface area contributed by atoms with Gasteiger partial charge in [0.25, 0.3) is 5.56 Å². The van der Waals surface area contributed by atoms with Gasteiger partial charge in [0.1, 0.15) is 10.2 Å². The minimum absolute atomic E-state index is 0.0245. The molecule has 100 valence electrons. The van der Waals surface area contributed by atoms with Crippen LogP contribution in [-0.2, 0) is 6.18 Å². The van der Waals surface area contributed by atoms with Crippen LogP contribution in [0.2, 0.25) is 0 Å². The fourth-order valence-corrected chi connectivity index (χ4v) is 1.56. The molecule has 0 aliphatic heterocycles. The van der Waals surface area contributed by atoms with Gasteiger partial charge in [-0.05, 0) is 40.2 Å². The Hall–Kier alpha value is -1.83. The van der Waals surface area contributed by atoms with Crippen LogP contribution in [0, 0.1) is 0 Å². The Morgan fingerprint density at radius 2 is 1.84 bits per heavy atom. The van der Waals surface area contributed by atoms with Gasteiger partial charge in [0.15, 0.2) is 0 Å². The molecule has 0 fully saturated rings. The normalized spacial score (nSPS) is 11.4. The molecule has 0 bridgehead atoms. The number of halogens is 4. The van der Waals surface area contributed by atoms with E-state index in [-0.39, 0.29) is 16.1 Å². The number of nitrogens with zero attached hydrogens (tertiary/aromatic N) is 1. The van der Waals surface area contributed by atoms with Crippen molar-refractivity contribution in [3.63, 3.8) is 0 Å². The number of alkyl halides is 3. The Morgan fingerprint density at radius 3 is 2.42 bits per heavy atom. The SMILES string of the molecule is O=c1[nH]cnc(Oc2ccc(C(F)(F)F)cc2)c1Br. The van der Waals surface area contributed by atoms with Crippen LogP contribution in [-0.4, -0.2) is 9.97 Å². The minimum atomic E-state index is -4.40. The van der Waals surface area contributed by atoms with E-state index >= 15 is 0 Å². The quantitative estimate of drug-likeness (QED) is 0.916. The van der Waals surface area contributed by atoms with Gasteiger partial charge in [0.05, 0.1) is 11.9 Å². The van der Waals surface area contributed by atoms with Gasteiger partial charge in [-0.15, -0.1) is 0 Å². The fraction of sp³-hybridized carbons (Fsp3) is 0.0909. The van der Waals surface area contributed by atoms with Crippen molar-refractivity contribution >= 4 is 15.9 Å². The molecule has 2 aromatic rings. The van der Waals surface area contributed by atoms with E-state index in [4.69, 9.17) is 4.74 Å². The Bertz CT molecular complexity index is 638. The standard InChI is InChI=1S/C11H6BrF3N2O2/c12-8-9(18)16-5-17-10(8)19-7-3-1-6(2-4-7)11(13,14)15/h1-5H,(H,16,17,18). The minimum Gasteiger partial charge on any atom is -0.438 e. The number of ether oxygens (including phenoxy) is 1. The molecule has 0 aliphatic rings. The lowest BCUT2D eigenvalue weighted by Gasteiger charge is -2.08. The molecule has 1 aromatic heterocycles. The van der Waals surface area contributed by atoms with Gasteiger partial charge in [-0.1, -0.05) is 0 Å². The number of nitrogens with one attached hydrogen (secondary N) is 1. The summed E-state index contributed by atoms with van der Waals surface area (Å²) in [7, 11) is 0. The number of aromatic nitrogens is 2. The van der Waals surface area contributed by atoms with E-state index in [2.05, 4.69) is 25.9 Å². The predicted molar refractivity (Wildman–Crippen MR) is 64.1 cm³/mol. The Kier molecular flexibility index (Phi) is 3.61. The molecule has 0 spiro atoms. The van der Waals surface area contributed by atoms with Crippen molar-refractivity contribution in [2.45, 2.75) is 6.18 Å². The summed E-state index contributed by atoms with van der Waals surface area (Å²) >= 11 is 2.97. The maximum Gasteiger partial charge on any atom is 0.416 e. The lowest BCUT2D eigenvalue weighted by molar-refractivity contribution is -0.137. The zero-order valence-electron chi connectivity index (χ0n) is 9.16. The molecule has 0 saturated heterocycles. The number of hydrogen-bond donors (Lipinski definition) is 1. The van der Waals surface area contributed by atoms with Crippen molar-refractivity contribution in [2.75, 3.05) is 0 Å². The summed E-state index contributed by atoms with van der Waals surface area (Å²) in [6.45, 7) is 0. The topological polar surface area (TPSA) is 55.0 Å². The highest BCUT2D eigenvalue weighted by molar-refractivity contribution is 9.10. The van der Waals surface area contributed by atoms with Crippen LogP contribution < -0.4 is 10.3 Å². The van der Waals surface area contributed by atoms with E-state index in [1.54, 1.807) is 0 Å². The van der Waals surface area contributed by atoms with Crippen LogP contribution in [0.5, 0.6) is 11.6 Å². The fourth-order valence-electron chi connectivity index (χ4n) is 1.26.